The number of hydrogen-bond donors (Lipinski definition) is 1. The Balaban J connectivity index is 2.62. The topological polar surface area (TPSA) is 55.4 Å². The van der Waals surface area contributed by atoms with Crippen LogP contribution in [0, 0.1) is 11.7 Å². The normalized spacial score (nSPS) is 12.1. The van der Waals surface area contributed by atoms with Crippen molar-refractivity contribution in [2.24, 2.45) is 5.92 Å². The Bertz CT molecular complexity index is 443. The molecule has 1 aromatic carbocycles. The lowest BCUT2D eigenvalue weighted by Gasteiger charge is -2.19. The van der Waals surface area contributed by atoms with Gasteiger partial charge >= 0.3 is 5.97 Å². The van der Waals surface area contributed by atoms with E-state index in [1.807, 2.05) is 13.8 Å². The summed E-state index contributed by atoms with van der Waals surface area (Å²) < 4.78 is 17.4. The molecule has 104 valence electrons. The summed E-state index contributed by atoms with van der Waals surface area (Å²) >= 11 is 0. The van der Waals surface area contributed by atoms with Gasteiger partial charge in [0.1, 0.15) is 11.9 Å². The van der Waals surface area contributed by atoms with Crippen LogP contribution in [-0.2, 0) is 20.7 Å². The zero-order chi connectivity index (χ0) is 14.4. The Hall–Kier alpha value is -1.91. The predicted octanol–water partition coefficient (Wildman–Crippen LogP) is 1.68. The van der Waals surface area contributed by atoms with Gasteiger partial charge in [-0.05, 0) is 23.6 Å². The molecule has 0 fully saturated rings. The molecule has 0 radical (unpaired) electrons. The average molecular weight is 267 g/mol. The highest BCUT2D eigenvalue weighted by atomic mass is 19.1. The summed E-state index contributed by atoms with van der Waals surface area (Å²) in [6.45, 7) is 3.64. The monoisotopic (exact) mass is 267 g/mol. The van der Waals surface area contributed by atoms with E-state index in [2.05, 4.69) is 10.1 Å². The highest BCUT2D eigenvalue weighted by Crippen LogP contribution is 2.06. The number of esters is 1. The lowest BCUT2D eigenvalue weighted by Crippen LogP contribution is -2.45. The second-order valence-corrected chi connectivity index (χ2v) is 4.62. The van der Waals surface area contributed by atoms with Gasteiger partial charge in [0.2, 0.25) is 5.91 Å². The Morgan fingerprint density at radius 2 is 1.84 bits per heavy atom. The second-order valence-electron chi connectivity index (χ2n) is 4.62. The van der Waals surface area contributed by atoms with Crippen LogP contribution in [0.2, 0.25) is 0 Å². The molecule has 1 unspecified atom stereocenters. The van der Waals surface area contributed by atoms with Gasteiger partial charge in [-0.1, -0.05) is 26.0 Å². The number of ether oxygens (including phenoxy) is 1. The maximum atomic E-state index is 12.7. The highest BCUT2D eigenvalue weighted by Gasteiger charge is 2.24. The molecule has 1 rings (SSSR count). The van der Waals surface area contributed by atoms with Crippen LogP contribution >= 0.6 is 0 Å². The van der Waals surface area contributed by atoms with Gasteiger partial charge < -0.3 is 10.1 Å². The average Bonchev–Trinajstić information content (AvgIpc) is 2.37. The van der Waals surface area contributed by atoms with Crippen LogP contribution in [0.15, 0.2) is 24.3 Å². The minimum absolute atomic E-state index is 0.0652. The minimum atomic E-state index is -0.669. The van der Waals surface area contributed by atoms with Crippen molar-refractivity contribution in [2.75, 3.05) is 7.11 Å². The fourth-order valence-corrected chi connectivity index (χ4v) is 1.64. The quantitative estimate of drug-likeness (QED) is 0.826. The molecule has 0 aliphatic heterocycles. The number of methoxy groups -OCH3 is 1. The van der Waals surface area contributed by atoms with Gasteiger partial charge in [-0.25, -0.2) is 9.18 Å². The molecule has 0 saturated carbocycles. The van der Waals surface area contributed by atoms with Crippen LogP contribution in [0.1, 0.15) is 19.4 Å². The number of carbonyl (C=O) groups excluding carboxylic acids is 2. The molecule has 1 N–H and O–H groups in total. The number of rotatable bonds is 5. The van der Waals surface area contributed by atoms with Crippen molar-refractivity contribution in [1.29, 1.82) is 0 Å². The standard InChI is InChI=1S/C14H18FNO3/c1-9(2)13(14(18)19-3)16-12(17)8-10-4-6-11(15)7-5-10/h4-7,9,13H,8H2,1-3H3,(H,16,17). The SMILES string of the molecule is COC(=O)C(NC(=O)Cc1ccc(F)cc1)C(C)C. The second kappa shape index (κ2) is 6.87. The molecule has 5 heteroatoms. The summed E-state index contributed by atoms with van der Waals surface area (Å²) in [7, 11) is 1.28. The van der Waals surface area contributed by atoms with E-state index in [0.717, 1.165) is 0 Å². The molecule has 0 aliphatic rings. The first-order chi connectivity index (χ1) is 8.93. The van der Waals surface area contributed by atoms with E-state index in [4.69, 9.17) is 0 Å². The van der Waals surface area contributed by atoms with Gasteiger partial charge in [0.05, 0.1) is 13.5 Å². The molecular weight excluding hydrogens is 249 g/mol. The van der Waals surface area contributed by atoms with Crippen LogP contribution in [0.3, 0.4) is 0 Å². The largest absolute Gasteiger partial charge is 0.467 e. The van der Waals surface area contributed by atoms with Crippen LogP contribution in [0.25, 0.3) is 0 Å². The molecule has 0 spiro atoms. The van der Waals surface area contributed by atoms with Crippen molar-refractivity contribution in [2.45, 2.75) is 26.3 Å². The first kappa shape index (κ1) is 15.1. The first-order valence-corrected chi connectivity index (χ1v) is 6.05. The van der Waals surface area contributed by atoms with Crippen molar-refractivity contribution in [3.05, 3.63) is 35.6 Å². The van der Waals surface area contributed by atoms with E-state index in [9.17, 15) is 14.0 Å². The summed E-state index contributed by atoms with van der Waals surface area (Å²) in [5, 5.41) is 2.62. The summed E-state index contributed by atoms with van der Waals surface area (Å²) in [4.78, 5) is 23.3. The number of halogens is 1. The maximum absolute atomic E-state index is 12.7. The van der Waals surface area contributed by atoms with Gasteiger partial charge in [0.25, 0.3) is 0 Å². The Morgan fingerprint density at radius 3 is 2.32 bits per heavy atom. The number of carbonyl (C=O) groups is 2. The number of nitrogens with one attached hydrogen (secondary N) is 1. The summed E-state index contributed by atoms with van der Waals surface area (Å²) in [5.74, 6) is -1.18. The zero-order valence-electron chi connectivity index (χ0n) is 11.3. The molecular formula is C14H18FNO3. The Kier molecular flexibility index (Phi) is 5.48. The van der Waals surface area contributed by atoms with Crippen molar-refractivity contribution in [3.8, 4) is 0 Å². The van der Waals surface area contributed by atoms with E-state index in [1.165, 1.54) is 31.4 Å². The molecule has 0 aromatic heterocycles. The molecule has 0 aliphatic carbocycles. The van der Waals surface area contributed by atoms with E-state index in [-0.39, 0.29) is 24.1 Å². The predicted molar refractivity (Wildman–Crippen MR) is 68.9 cm³/mol. The summed E-state index contributed by atoms with van der Waals surface area (Å²) in [6.07, 6.45) is 0.0977. The smallest absolute Gasteiger partial charge is 0.328 e. The molecule has 0 saturated heterocycles. The third kappa shape index (κ3) is 4.69. The maximum Gasteiger partial charge on any atom is 0.328 e. The van der Waals surface area contributed by atoms with Crippen molar-refractivity contribution in [3.63, 3.8) is 0 Å². The number of hydrogen-bond acceptors (Lipinski definition) is 3. The van der Waals surface area contributed by atoms with E-state index in [0.29, 0.717) is 5.56 Å². The van der Waals surface area contributed by atoms with Crippen LogP contribution in [0.4, 0.5) is 4.39 Å². The summed E-state index contributed by atoms with van der Waals surface area (Å²) in [5.41, 5.74) is 0.686. The molecule has 1 atom stereocenters. The van der Waals surface area contributed by atoms with Gasteiger partial charge in [-0.15, -0.1) is 0 Å². The minimum Gasteiger partial charge on any atom is -0.467 e. The molecule has 1 amide bonds. The fraction of sp³-hybridized carbons (Fsp3) is 0.429. The number of amides is 1. The van der Waals surface area contributed by atoms with Crippen LogP contribution in [-0.4, -0.2) is 25.0 Å². The third-order valence-corrected chi connectivity index (χ3v) is 2.72. The van der Waals surface area contributed by atoms with Crippen molar-refractivity contribution in [1.82, 2.24) is 5.32 Å². The number of benzene rings is 1. The van der Waals surface area contributed by atoms with Crippen LogP contribution in [0.5, 0.6) is 0 Å². The lowest BCUT2D eigenvalue weighted by molar-refractivity contribution is -0.146. The Morgan fingerprint density at radius 1 is 1.26 bits per heavy atom. The third-order valence-electron chi connectivity index (χ3n) is 2.72. The lowest BCUT2D eigenvalue weighted by atomic mass is 10.0. The van der Waals surface area contributed by atoms with E-state index in [1.54, 1.807) is 0 Å². The molecule has 19 heavy (non-hydrogen) atoms. The fourth-order valence-electron chi connectivity index (χ4n) is 1.64. The molecule has 0 bridgehead atoms. The van der Waals surface area contributed by atoms with Crippen LogP contribution < -0.4 is 5.32 Å². The summed E-state index contributed by atoms with van der Waals surface area (Å²) in [6, 6.07) is 5.00. The first-order valence-electron chi connectivity index (χ1n) is 6.05. The van der Waals surface area contributed by atoms with Gasteiger partial charge in [-0.3, -0.25) is 4.79 Å². The van der Waals surface area contributed by atoms with Gasteiger partial charge in [-0.2, -0.15) is 0 Å². The molecule has 1 aromatic rings. The molecule has 0 heterocycles. The van der Waals surface area contributed by atoms with Gasteiger partial charge in [0, 0.05) is 0 Å². The van der Waals surface area contributed by atoms with E-state index >= 15 is 0 Å². The Labute approximate surface area is 112 Å². The highest BCUT2D eigenvalue weighted by molar-refractivity contribution is 5.85. The van der Waals surface area contributed by atoms with Crippen molar-refractivity contribution >= 4 is 11.9 Å². The van der Waals surface area contributed by atoms with Gasteiger partial charge in [0.15, 0.2) is 0 Å². The zero-order valence-corrected chi connectivity index (χ0v) is 11.3. The van der Waals surface area contributed by atoms with Crippen molar-refractivity contribution < 1.29 is 18.7 Å². The molecule has 4 nitrogen and oxygen atoms in total. The van der Waals surface area contributed by atoms with E-state index < -0.39 is 12.0 Å².